The monoisotopic (exact) mass is 561 g/mol. The molecule has 37 heavy (non-hydrogen) atoms. The van der Waals surface area contributed by atoms with E-state index in [9.17, 15) is 29.7 Å². The van der Waals surface area contributed by atoms with E-state index in [1.165, 1.54) is 10.9 Å². The number of aliphatic hydroxyl groups excluding tert-OH is 3. The number of halogens is 1. The van der Waals surface area contributed by atoms with Gasteiger partial charge in [0.1, 0.15) is 24.1 Å². The molecule has 0 unspecified atom stereocenters. The van der Waals surface area contributed by atoms with Gasteiger partial charge in [-0.1, -0.05) is 5.21 Å². The minimum atomic E-state index is -5.11. The molecule has 1 aliphatic carbocycles. The molecule has 0 aromatic carbocycles. The SMILES string of the molecule is O=P(O)(O)[C@@](CO)(Cc1nn[nH]n1)OC[C@@H]1O[C@@H](n2ncc3c(NC4CCC4)nc(Cl)nc32)[C@H](O)[C@@H]1O. The van der Waals surface area contributed by atoms with E-state index >= 15 is 0 Å². The molecule has 3 aromatic heterocycles. The molecule has 3 aromatic rings. The number of rotatable bonds is 10. The zero-order valence-electron chi connectivity index (χ0n) is 19.1. The topological polar surface area (TPSA) is 247 Å². The molecular weight excluding hydrogens is 537 g/mol. The van der Waals surface area contributed by atoms with Crippen molar-refractivity contribution in [1.29, 1.82) is 0 Å². The summed E-state index contributed by atoms with van der Waals surface area (Å²) in [6, 6.07) is 0.252. The van der Waals surface area contributed by atoms with Gasteiger partial charge >= 0.3 is 7.60 Å². The lowest BCUT2D eigenvalue weighted by atomic mass is 9.93. The van der Waals surface area contributed by atoms with Crippen LogP contribution in [0.25, 0.3) is 11.0 Å². The quantitative estimate of drug-likeness (QED) is 0.112. The summed E-state index contributed by atoms with van der Waals surface area (Å²) in [4.78, 5) is 28.3. The lowest BCUT2D eigenvalue weighted by Gasteiger charge is -2.32. The summed E-state index contributed by atoms with van der Waals surface area (Å²) in [6.07, 6.45) is -1.55. The highest BCUT2D eigenvalue weighted by molar-refractivity contribution is 7.53. The maximum Gasteiger partial charge on any atom is 0.359 e. The Morgan fingerprint density at radius 1 is 1.30 bits per heavy atom. The molecule has 0 amide bonds. The van der Waals surface area contributed by atoms with Gasteiger partial charge in [-0.15, -0.1) is 10.2 Å². The lowest BCUT2D eigenvalue weighted by Crippen LogP contribution is -2.43. The second-order valence-electron chi connectivity index (χ2n) is 8.95. The molecule has 2 fully saturated rings. The number of hydrogen-bond acceptors (Lipinski definition) is 13. The number of H-pyrrole nitrogens is 1. The maximum absolute atomic E-state index is 12.2. The van der Waals surface area contributed by atoms with E-state index in [2.05, 4.69) is 41.0 Å². The standard InChI is InChI=1S/C18H25ClN9O8P/c19-17-22-14(21-8-2-1-3-8)9-5-20-28(15(9)23-17)16-13(31)12(30)10(36-16)6-35-18(7-29,37(32,33)34)4-11-24-26-27-25-11/h5,8,10,12-13,16,29-31H,1-4,6-7H2,(H,21,22,23)(H2,32,33,34)(H,24,25,26,27)/t10-,12+,13+,16+,18+/m0/s1. The molecule has 5 atom stereocenters. The summed E-state index contributed by atoms with van der Waals surface area (Å²) in [7, 11) is -5.11. The van der Waals surface area contributed by atoms with E-state index in [4.69, 9.17) is 21.1 Å². The fourth-order valence-electron chi connectivity index (χ4n) is 4.18. The van der Waals surface area contributed by atoms with Gasteiger partial charge in [0.25, 0.3) is 0 Å². The van der Waals surface area contributed by atoms with E-state index in [0.717, 1.165) is 19.3 Å². The molecule has 0 bridgehead atoms. The first kappa shape index (κ1) is 26.3. The molecule has 19 heteroatoms. The van der Waals surface area contributed by atoms with Gasteiger partial charge in [-0.25, -0.2) is 4.68 Å². The predicted octanol–water partition coefficient (Wildman–Crippen LogP) is -1.30. The highest BCUT2D eigenvalue weighted by Crippen LogP contribution is 2.53. The lowest BCUT2D eigenvalue weighted by molar-refractivity contribution is -0.109. The van der Waals surface area contributed by atoms with E-state index in [0.29, 0.717) is 11.2 Å². The van der Waals surface area contributed by atoms with Crippen molar-refractivity contribution in [2.75, 3.05) is 18.5 Å². The number of aromatic nitrogens is 8. The molecule has 202 valence electrons. The molecule has 2 aliphatic rings. The number of tetrazole rings is 1. The van der Waals surface area contributed by atoms with Crippen LogP contribution in [0.4, 0.5) is 5.82 Å². The Labute approximate surface area is 213 Å². The van der Waals surface area contributed by atoms with Crippen LogP contribution in [0.2, 0.25) is 5.28 Å². The second kappa shape index (κ2) is 10.1. The Morgan fingerprint density at radius 2 is 2.08 bits per heavy atom. The summed E-state index contributed by atoms with van der Waals surface area (Å²) in [5, 5.41) is 49.5. The molecule has 1 saturated heterocycles. The molecule has 7 N–H and O–H groups in total. The van der Waals surface area contributed by atoms with Gasteiger partial charge in [-0.3, -0.25) is 4.57 Å². The molecule has 1 aliphatic heterocycles. The van der Waals surface area contributed by atoms with Gasteiger partial charge in [0.05, 0.1) is 31.2 Å². The first-order valence-corrected chi connectivity index (χ1v) is 13.3. The van der Waals surface area contributed by atoms with E-state index in [1.54, 1.807) is 0 Å². The fourth-order valence-corrected chi connectivity index (χ4v) is 5.12. The first-order valence-electron chi connectivity index (χ1n) is 11.3. The number of anilines is 1. The number of aromatic amines is 1. The minimum absolute atomic E-state index is 0.0557. The summed E-state index contributed by atoms with van der Waals surface area (Å²) >= 11 is 6.12. The van der Waals surface area contributed by atoms with Crippen LogP contribution in [-0.4, -0.2) is 108 Å². The Bertz CT molecular complexity index is 1290. The summed E-state index contributed by atoms with van der Waals surface area (Å²) in [6.45, 7) is -1.71. The highest BCUT2D eigenvalue weighted by Gasteiger charge is 2.52. The van der Waals surface area contributed by atoms with Crippen molar-refractivity contribution in [3.05, 3.63) is 17.3 Å². The Balaban J connectivity index is 1.36. The maximum atomic E-state index is 12.2. The zero-order chi connectivity index (χ0) is 26.4. The molecule has 0 radical (unpaired) electrons. The number of nitrogens with zero attached hydrogens (tertiary/aromatic N) is 7. The van der Waals surface area contributed by atoms with E-state index in [1.807, 2.05) is 0 Å². The van der Waals surface area contributed by atoms with Crippen LogP contribution in [0, 0.1) is 0 Å². The third kappa shape index (κ3) is 4.94. The molecular formula is C18H25ClN9O8P. The molecule has 0 spiro atoms. The number of ether oxygens (including phenoxy) is 2. The first-order chi connectivity index (χ1) is 17.6. The van der Waals surface area contributed by atoms with Crippen LogP contribution < -0.4 is 5.32 Å². The average Bonchev–Trinajstić information content (AvgIpc) is 3.54. The number of aliphatic hydroxyl groups is 3. The average molecular weight is 562 g/mol. The Kier molecular flexibility index (Phi) is 7.16. The third-order valence-electron chi connectivity index (χ3n) is 6.57. The molecule has 1 saturated carbocycles. The summed E-state index contributed by atoms with van der Waals surface area (Å²) < 4.78 is 24.7. The van der Waals surface area contributed by atoms with Crippen molar-refractivity contribution in [2.45, 2.75) is 61.6 Å². The van der Waals surface area contributed by atoms with E-state index < -0.39 is 57.1 Å². The van der Waals surface area contributed by atoms with Crippen molar-refractivity contribution >= 4 is 36.0 Å². The van der Waals surface area contributed by atoms with Gasteiger partial charge < -0.3 is 39.9 Å². The summed E-state index contributed by atoms with van der Waals surface area (Å²) in [5.74, 6) is 0.365. The number of fused-ring (bicyclic) bond motifs is 1. The largest absolute Gasteiger partial charge is 0.393 e. The second-order valence-corrected chi connectivity index (χ2v) is 11.2. The summed E-state index contributed by atoms with van der Waals surface area (Å²) in [5.41, 5.74) is 0.247. The predicted molar refractivity (Wildman–Crippen MR) is 123 cm³/mol. The van der Waals surface area contributed by atoms with Crippen molar-refractivity contribution in [3.8, 4) is 0 Å². The normalized spacial score (nSPS) is 26.3. The third-order valence-corrected chi connectivity index (χ3v) is 8.23. The van der Waals surface area contributed by atoms with Gasteiger partial charge in [0.15, 0.2) is 23.0 Å². The van der Waals surface area contributed by atoms with Crippen molar-refractivity contribution < 1.29 is 39.1 Å². The molecule has 4 heterocycles. The van der Waals surface area contributed by atoms with Crippen LogP contribution in [0.15, 0.2) is 6.20 Å². The van der Waals surface area contributed by atoms with Crippen LogP contribution >= 0.6 is 19.2 Å². The van der Waals surface area contributed by atoms with Crippen LogP contribution in [-0.2, 0) is 20.5 Å². The van der Waals surface area contributed by atoms with Crippen LogP contribution in [0.3, 0.4) is 0 Å². The Morgan fingerprint density at radius 3 is 2.70 bits per heavy atom. The molecule has 5 rings (SSSR count). The van der Waals surface area contributed by atoms with Crippen LogP contribution in [0.1, 0.15) is 31.3 Å². The van der Waals surface area contributed by atoms with Gasteiger partial charge in [0, 0.05) is 6.04 Å². The van der Waals surface area contributed by atoms with Gasteiger partial charge in [0.2, 0.25) is 5.28 Å². The number of nitrogens with one attached hydrogen (secondary N) is 2. The van der Waals surface area contributed by atoms with Gasteiger partial charge in [-0.2, -0.15) is 20.3 Å². The van der Waals surface area contributed by atoms with Gasteiger partial charge in [-0.05, 0) is 30.9 Å². The number of hydrogen-bond donors (Lipinski definition) is 7. The highest BCUT2D eigenvalue weighted by atomic mass is 35.5. The molecule has 17 nitrogen and oxygen atoms in total. The van der Waals surface area contributed by atoms with Crippen LogP contribution in [0.5, 0.6) is 0 Å². The zero-order valence-corrected chi connectivity index (χ0v) is 20.8. The fraction of sp³-hybridized carbons (Fsp3) is 0.667. The van der Waals surface area contributed by atoms with E-state index in [-0.39, 0.29) is 22.8 Å². The van der Waals surface area contributed by atoms with Crippen molar-refractivity contribution in [2.24, 2.45) is 0 Å². The van der Waals surface area contributed by atoms with Crippen molar-refractivity contribution in [3.63, 3.8) is 0 Å². The Hall–Kier alpha value is -2.34. The smallest absolute Gasteiger partial charge is 0.359 e. The minimum Gasteiger partial charge on any atom is -0.393 e. The van der Waals surface area contributed by atoms with Crippen molar-refractivity contribution in [1.82, 2.24) is 40.4 Å².